The van der Waals surface area contributed by atoms with Crippen LogP contribution in [-0.4, -0.2) is 6.54 Å². The third kappa shape index (κ3) is 1.16. The van der Waals surface area contributed by atoms with E-state index in [0.29, 0.717) is 5.41 Å². The van der Waals surface area contributed by atoms with E-state index in [2.05, 4.69) is 39.4 Å². The molecule has 1 saturated carbocycles. The Morgan fingerprint density at radius 2 is 2.15 bits per heavy atom. The van der Waals surface area contributed by atoms with Crippen LogP contribution in [-0.2, 0) is 12.0 Å². The highest BCUT2D eigenvalue weighted by molar-refractivity contribution is 9.10. The summed E-state index contributed by atoms with van der Waals surface area (Å²) in [6, 6.07) is 6.69. The second kappa shape index (κ2) is 2.58. The molecule has 1 nitrogen and oxygen atoms in total. The van der Waals surface area contributed by atoms with Crippen molar-refractivity contribution in [1.29, 1.82) is 0 Å². The molecular weight excluding hydrogens is 226 g/mol. The molecule has 1 aliphatic heterocycles. The molecule has 0 bridgehead atoms. The van der Waals surface area contributed by atoms with Gasteiger partial charge in [-0.25, -0.2) is 0 Å². The summed E-state index contributed by atoms with van der Waals surface area (Å²) in [6.45, 7) is 2.22. The summed E-state index contributed by atoms with van der Waals surface area (Å²) in [5.74, 6) is 0. The summed E-state index contributed by atoms with van der Waals surface area (Å²) < 4.78 is 1.22. The third-order valence-corrected chi connectivity index (χ3v) is 3.77. The molecule has 0 aromatic heterocycles. The van der Waals surface area contributed by atoms with Crippen molar-refractivity contribution in [3.63, 3.8) is 0 Å². The van der Waals surface area contributed by atoms with Crippen molar-refractivity contribution in [3.8, 4) is 0 Å². The maximum absolute atomic E-state index is 3.55. The van der Waals surface area contributed by atoms with Gasteiger partial charge < -0.3 is 5.32 Å². The molecule has 0 radical (unpaired) electrons. The Balaban J connectivity index is 2.16. The molecule has 1 spiro atoms. The predicted molar refractivity (Wildman–Crippen MR) is 56.8 cm³/mol. The summed E-state index contributed by atoms with van der Waals surface area (Å²) >= 11 is 3.55. The molecule has 1 aliphatic carbocycles. The Bertz CT molecular complexity index is 355. The standard InChI is InChI=1S/C11H12BrN/c12-9-2-1-8-6-13-7-11(3-4-11)10(8)5-9/h1-2,5,13H,3-4,6-7H2. The maximum atomic E-state index is 3.55. The van der Waals surface area contributed by atoms with E-state index in [1.54, 1.807) is 5.56 Å². The molecule has 2 heteroatoms. The number of halogens is 1. The molecule has 1 aromatic rings. The molecule has 1 heterocycles. The molecule has 0 amide bonds. The second-order valence-electron chi connectivity index (χ2n) is 4.19. The Kier molecular flexibility index (Phi) is 1.59. The third-order valence-electron chi connectivity index (χ3n) is 3.28. The van der Waals surface area contributed by atoms with Gasteiger partial charge in [-0.1, -0.05) is 22.0 Å². The molecule has 0 saturated heterocycles. The first-order valence-corrected chi connectivity index (χ1v) is 5.59. The van der Waals surface area contributed by atoms with Crippen molar-refractivity contribution in [3.05, 3.63) is 33.8 Å². The molecule has 0 unspecified atom stereocenters. The van der Waals surface area contributed by atoms with Crippen molar-refractivity contribution < 1.29 is 0 Å². The van der Waals surface area contributed by atoms with Crippen LogP contribution in [0.15, 0.2) is 22.7 Å². The quantitative estimate of drug-likeness (QED) is 0.732. The minimum Gasteiger partial charge on any atom is -0.312 e. The highest BCUT2D eigenvalue weighted by atomic mass is 79.9. The smallest absolute Gasteiger partial charge is 0.0208 e. The molecule has 0 atom stereocenters. The van der Waals surface area contributed by atoms with Crippen molar-refractivity contribution in [1.82, 2.24) is 5.32 Å². The SMILES string of the molecule is Brc1ccc2c(c1)C1(CC1)CNC2. The average molecular weight is 238 g/mol. The number of nitrogens with one attached hydrogen (secondary N) is 1. The Morgan fingerprint density at radius 1 is 1.31 bits per heavy atom. The lowest BCUT2D eigenvalue weighted by atomic mass is 9.88. The fourth-order valence-electron chi connectivity index (χ4n) is 2.33. The van der Waals surface area contributed by atoms with Crippen LogP contribution < -0.4 is 5.32 Å². The van der Waals surface area contributed by atoms with Gasteiger partial charge in [0.2, 0.25) is 0 Å². The van der Waals surface area contributed by atoms with Gasteiger partial charge in [-0.2, -0.15) is 0 Å². The van der Waals surface area contributed by atoms with Crippen molar-refractivity contribution in [2.45, 2.75) is 24.8 Å². The van der Waals surface area contributed by atoms with E-state index in [-0.39, 0.29) is 0 Å². The molecule has 1 fully saturated rings. The van der Waals surface area contributed by atoms with E-state index >= 15 is 0 Å². The zero-order valence-electron chi connectivity index (χ0n) is 7.44. The molecule has 2 aliphatic rings. The van der Waals surface area contributed by atoms with Gasteiger partial charge in [-0.15, -0.1) is 0 Å². The molecule has 3 rings (SSSR count). The topological polar surface area (TPSA) is 12.0 Å². The zero-order valence-corrected chi connectivity index (χ0v) is 9.02. The minimum atomic E-state index is 0.511. The predicted octanol–water partition coefficient (Wildman–Crippen LogP) is 2.58. The van der Waals surface area contributed by atoms with Crippen molar-refractivity contribution >= 4 is 15.9 Å². The minimum absolute atomic E-state index is 0.511. The second-order valence-corrected chi connectivity index (χ2v) is 5.10. The zero-order chi connectivity index (χ0) is 8.89. The van der Waals surface area contributed by atoms with Crippen LogP contribution in [0.25, 0.3) is 0 Å². The van der Waals surface area contributed by atoms with Gasteiger partial charge in [-0.05, 0) is 36.1 Å². The average Bonchev–Trinajstić information content (AvgIpc) is 2.88. The van der Waals surface area contributed by atoms with Gasteiger partial charge in [-0.3, -0.25) is 0 Å². The van der Waals surface area contributed by atoms with Gasteiger partial charge in [0.05, 0.1) is 0 Å². The highest BCUT2D eigenvalue weighted by Crippen LogP contribution is 2.50. The number of benzene rings is 1. The van der Waals surface area contributed by atoms with Crippen molar-refractivity contribution in [2.24, 2.45) is 0 Å². The number of fused-ring (bicyclic) bond motifs is 2. The van der Waals surface area contributed by atoms with Gasteiger partial charge >= 0.3 is 0 Å². The number of hydrogen-bond donors (Lipinski definition) is 1. The van der Waals surface area contributed by atoms with E-state index in [9.17, 15) is 0 Å². The number of hydrogen-bond acceptors (Lipinski definition) is 1. The Morgan fingerprint density at radius 3 is 2.92 bits per heavy atom. The molecular formula is C11H12BrN. The van der Waals surface area contributed by atoms with Crippen LogP contribution in [0.2, 0.25) is 0 Å². The van der Waals surface area contributed by atoms with Crippen LogP contribution in [0.5, 0.6) is 0 Å². The first kappa shape index (κ1) is 8.01. The molecule has 68 valence electrons. The summed E-state index contributed by atoms with van der Waals surface area (Å²) in [4.78, 5) is 0. The lowest BCUT2D eigenvalue weighted by Gasteiger charge is -2.26. The van der Waals surface area contributed by atoms with E-state index in [0.717, 1.165) is 6.54 Å². The molecule has 1 N–H and O–H groups in total. The lowest BCUT2D eigenvalue weighted by Crippen LogP contribution is -2.33. The normalized spacial score (nSPS) is 22.8. The molecule has 1 aromatic carbocycles. The van der Waals surface area contributed by atoms with Gasteiger partial charge in [0.1, 0.15) is 0 Å². The Labute approximate surface area is 86.7 Å². The van der Waals surface area contributed by atoms with E-state index in [1.807, 2.05) is 0 Å². The fraction of sp³-hybridized carbons (Fsp3) is 0.455. The van der Waals surface area contributed by atoms with Crippen molar-refractivity contribution in [2.75, 3.05) is 6.54 Å². The van der Waals surface area contributed by atoms with Gasteiger partial charge in [0.15, 0.2) is 0 Å². The van der Waals surface area contributed by atoms with E-state index < -0.39 is 0 Å². The Hall–Kier alpha value is -0.340. The van der Waals surface area contributed by atoms with Crippen LogP contribution in [0.4, 0.5) is 0 Å². The van der Waals surface area contributed by atoms with Crippen LogP contribution in [0, 0.1) is 0 Å². The highest BCUT2D eigenvalue weighted by Gasteiger charge is 2.46. The summed E-state index contributed by atoms with van der Waals surface area (Å²) in [5, 5.41) is 3.50. The lowest BCUT2D eigenvalue weighted by molar-refractivity contribution is 0.531. The van der Waals surface area contributed by atoms with Crippen LogP contribution in [0.1, 0.15) is 24.0 Å². The first-order chi connectivity index (χ1) is 6.30. The summed E-state index contributed by atoms with van der Waals surface area (Å²) in [7, 11) is 0. The monoisotopic (exact) mass is 237 g/mol. The van der Waals surface area contributed by atoms with Gasteiger partial charge in [0.25, 0.3) is 0 Å². The van der Waals surface area contributed by atoms with E-state index in [1.165, 1.54) is 29.4 Å². The summed E-state index contributed by atoms with van der Waals surface area (Å²) in [6.07, 6.45) is 2.73. The number of rotatable bonds is 0. The molecule has 13 heavy (non-hydrogen) atoms. The largest absolute Gasteiger partial charge is 0.312 e. The van der Waals surface area contributed by atoms with E-state index in [4.69, 9.17) is 0 Å². The maximum Gasteiger partial charge on any atom is 0.0208 e. The fourth-order valence-corrected chi connectivity index (χ4v) is 2.69. The van der Waals surface area contributed by atoms with Gasteiger partial charge in [0, 0.05) is 23.0 Å². The summed E-state index contributed by atoms with van der Waals surface area (Å²) in [5.41, 5.74) is 3.59. The first-order valence-electron chi connectivity index (χ1n) is 4.80. The van der Waals surface area contributed by atoms with Crippen LogP contribution in [0.3, 0.4) is 0 Å². The van der Waals surface area contributed by atoms with Crippen LogP contribution >= 0.6 is 15.9 Å².